The van der Waals surface area contributed by atoms with E-state index in [2.05, 4.69) is 5.32 Å². The van der Waals surface area contributed by atoms with Gasteiger partial charge in [0.15, 0.2) is 17.2 Å². The summed E-state index contributed by atoms with van der Waals surface area (Å²) in [7, 11) is 4.57. The fourth-order valence-electron chi connectivity index (χ4n) is 4.57. The summed E-state index contributed by atoms with van der Waals surface area (Å²) in [5.41, 5.74) is 3.64. The molecule has 0 radical (unpaired) electrons. The Kier molecular flexibility index (Phi) is 7.70. The van der Waals surface area contributed by atoms with Crippen LogP contribution in [0.15, 0.2) is 53.3 Å². The van der Waals surface area contributed by atoms with Crippen molar-refractivity contribution in [2.24, 2.45) is 0 Å². The van der Waals surface area contributed by atoms with Crippen LogP contribution in [-0.4, -0.2) is 27.2 Å². The number of halogens is 1. The summed E-state index contributed by atoms with van der Waals surface area (Å²) in [5.74, 6) is 1.42. The maximum absolute atomic E-state index is 12.9. The normalized spacial score (nSPS) is 14.1. The standard InChI is InChI=1S/C28H28ClNO6/c1-16(31)30-22-11-9-17-13-25(34-3)27(35-4)28(36-15-18-7-5-6-8-21(18)29)26(17)19-10-12-24(33-2)23(32)14-20(19)22/h5-8,10,12-14,22H,9,11,15H2,1-4H3,(H,30,31)/t22-/m0/s1. The summed E-state index contributed by atoms with van der Waals surface area (Å²) >= 11 is 6.38. The number of benzene rings is 2. The number of hydrogen-bond acceptors (Lipinski definition) is 6. The van der Waals surface area contributed by atoms with E-state index in [4.69, 9.17) is 30.5 Å². The Morgan fingerprint density at radius 3 is 2.42 bits per heavy atom. The Bertz CT molecular complexity index is 1360. The molecule has 1 N–H and O–H groups in total. The molecule has 0 saturated heterocycles. The smallest absolute Gasteiger partial charge is 0.220 e. The summed E-state index contributed by atoms with van der Waals surface area (Å²) < 4.78 is 23.1. The van der Waals surface area contributed by atoms with Crippen LogP contribution >= 0.6 is 11.6 Å². The largest absolute Gasteiger partial charge is 0.493 e. The molecule has 3 aromatic carbocycles. The monoisotopic (exact) mass is 509 g/mol. The number of carbonyl (C=O) groups is 1. The number of amides is 1. The maximum atomic E-state index is 12.9. The van der Waals surface area contributed by atoms with Gasteiger partial charge in [0, 0.05) is 23.1 Å². The van der Waals surface area contributed by atoms with Crippen molar-refractivity contribution in [3.05, 3.63) is 80.5 Å². The van der Waals surface area contributed by atoms with Gasteiger partial charge in [-0.3, -0.25) is 9.59 Å². The Morgan fingerprint density at radius 2 is 1.75 bits per heavy atom. The lowest BCUT2D eigenvalue weighted by Crippen LogP contribution is -2.26. The molecule has 0 fully saturated rings. The molecule has 36 heavy (non-hydrogen) atoms. The Labute approximate surface area is 214 Å². The van der Waals surface area contributed by atoms with Gasteiger partial charge in [-0.05, 0) is 53.8 Å². The van der Waals surface area contributed by atoms with Crippen LogP contribution < -0.4 is 29.7 Å². The van der Waals surface area contributed by atoms with E-state index >= 15 is 0 Å². The molecule has 1 atom stereocenters. The van der Waals surface area contributed by atoms with Gasteiger partial charge in [-0.1, -0.05) is 35.9 Å². The number of aryl methyl sites for hydroxylation is 1. The zero-order chi connectivity index (χ0) is 25.8. The number of rotatable bonds is 7. The zero-order valence-electron chi connectivity index (χ0n) is 20.6. The molecule has 3 aromatic rings. The van der Waals surface area contributed by atoms with Crippen LogP contribution in [0.1, 0.15) is 36.1 Å². The van der Waals surface area contributed by atoms with Crippen LogP contribution in [0.3, 0.4) is 0 Å². The number of hydrogen-bond donors (Lipinski definition) is 1. The highest BCUT2D eigenvalue weighted by Gasteiger charge is 2.30. The number of ether oxygens (including phenoxy) is 4. The van der Waals surface area contributed by atoms with Crippen molar-refractivity contribution in [2.75, 3.05) is 21.3 Å². The van der Waals surface area contributed by atoms with E-state index < -0.39 is 0 Å². The average Bonchev–Trinajstić information content (AvgIpc) is 3.11. The summed E-state index contributed by atoms with van der Waals surface area (Å²) in [4.78, 5) is 25.0. The number of carbonyl (C=O) groups excluding carboxylic acids is 1. The second kappa shape index (κ2) is 10.9. The van der Waals surface area contributed by atoms with Gasteiger partial charge in [0.05, 0.1) is 27.4 Å². The van der Waals surface area contributed by atoms with Crippen molar-refractivity contribution in [1.29, 1.82) is 0 Å². The molecule has 0 heterocycles. The van der Waals surface area contributed by atoms with Gasteiger partial charge in [0.1, 0.15) is 6.61 Å². The highest BCUT2D eigenvalue weighted by atomic mass is 35.5. The first-order valence-corrected chi connectivity index (χ1v) is 11.9. The number of methoxy groups -OCH3 is 3. The quantitative estimate of drug-likeness (QED) is 0.477. The Hall–Kier alpha value is -3.71. The summed E-state index contributed by atoms with van der Waals surface area (Å²) in [6.45, 7) is 1.65. The molecule has 1 aliphatic carbocycles. The van der Waals surface area contributed by atoms with Crippen molar-refractivity contribution in [2.45, 2.75) is 32.4 Å². The van der Waals surface area contributed by atoms with Crippen molar-refractivity contribution >= 4 is 17.5 Å². The lowest BCUT2D eigenvalue weighted by atomic mass is 9.95. The van der Waals surface area contributed by atoms with Crippen molar-refractivity contribution in [1.82, 2.24) is 5.32 Å². The third-order valence-corrected chi connectivity index (χ3v) is 6.59. The molecule has 0 unspecified atom stereocenters. The minimum absolute atomic E-state index is 0.187. The van der Waals surface area contributed by atoms with Gasteiger partial charge in [-0.15, -0.1) is 0 Å². The second-order valence-electron chi connectivity index (χ2n) is 8.43. The molecule has 1 amide bonds. The van der Waals surface area contributed by atoms with E-state index in [1.165, 1.54) is 20.1 Å². The molecule has 8 heteroatoms. The van der Waals surface area contributed by atoms with Crippen LogP contribution in [-0.2, 0) is 17.8 Å². The van der Waals surface area contributed by atoms with E-state index in [1.807, 2.05) is 30.3 Å². The molecular formula is C28H28ClNO6. The van der Waals surface area contributed by atoms with Crippen LogP contribution in [0.4, 0.5) is 0 Å². The molecule has 0 saturated carbocycles. The molecule has 7 nitrogen and oxygen atoms in total. The minimum atomic E-state index is -0.386. The molecule has 0 aromatic heterocycles. The summed E-state index contributed by atoms with van der Waals surface area (Å²) in [5, 5.41) is 3.58. The third kappa shape index (κ3) is 4.97. The predicted molar refractivity (Wildman–Crippen MR) is 138 cm³/mol. The van der Waals surface area contributed by atoms with Gasteiger partial charge in [-0.25, -0.2) is 0 Å². The fourth-order valence-corrected chi connectivity index (χ4v) is 4.76. The molecule has 0 spiro atoms. The molecule has 188 valence electrons. The van der Waals surface area contributed by atoms with Gasteiger partial charge < -0.3 is 24.3 Å². The Morgan fingerprint density at radius 1 is 1.00 bits per heavy atom. The SMILES string of the molecule is COc1cc2c(c(OCc3ccccc3Cl)c1OC)-c1ccc(OC)c(=O)cc1[C@@H](NC(C)=O)CC2. The highest BCUT2D eigenvalue weighted by molar-refractivity contribution is 6.31. The fraction of sp³-hybridized carbons (Fsp3) is 0.286. The molecule has 4 rings (SSSR count). The van der Waals surface area contributed by atoms with Crippen molar-refractivity contribution in [3.8, 4) is 34.1 Å². The van der Waals surface area contributed by atoms with Gasteiger partial charge in [0.25, 0.3) is 0 Å². The van der Waals surface area contributed by atoms with Crippen molar-refractivity contribution in [3.63, 3.8) is 0 Å². The van der Waals surface area contributed by atoms with Crippen LogP contribution in [0, 0.1) is 0 Å². The van der Waals surface area contributed by atoms with E-state index in [-0.39, 0.29) is 29.7 Å². The first-order chi connectivity index (χ1) is 17.4. The van der Waals surface area contributed by atoms with Gasteiger partial charge >= 0.3 is 0 Å². The zero-order valence-corrected chi connectivity index (χ0v) is 21.4. The maximum Gasteiger partial charge on any atom is 0.220 e. The molecule has 0 bridgehead atoms. The third-order valence-electron chi connectivity index (χ3n) is 6.22. The first kappa shape index (κ1) is 25.4. The topological polar surface area (TPSA) is 83.1 Å². The minimum Gasteiger partial charge on any atom is -0.493 e. The van der Waals surface area contributed by atoms with E-state index in [0.717, 1.165) is 22.3 Å². The molecular weight excluding hydrogens is 482 g/mol. The summed E-state index contributed by atoms with van der Waals surface area (Å²) in [6.07, 6.45) is 1.18. The average molecular weight is 510 g/mol. The second-order valence-corrected chi connectivity index (χ2v) is 8.83. The first-order valence-electron chi connectivity index (χ1n) is 11.5. The van der Waals surface area contributed by atoms with E-state index in [0.29, 0.717) is 40.7 Å². The van der Waals surface area contributed by atoms with Crippen LogP contribution in [0.5, 0.6) is 23.0 Å². The lowest BCUT2D eigenvalue weighted by Gasteiger charge is -2.21. The van der Waals surface area contributed by atoms with E-state index in [9.17, 15) is 9.59 Å². The van der Waals surface area contributed by atoms with Gasteiger partial charge in [0.2, 0.25) is 17.1 Å². The highest BCUT2D eigenvalue weighted by Crippen LogP contribution is 2.50. The van der Waals surface area contributed by atoms with Gasteiger partial charge in [-0.2, -0.15) is 0 Å². The molecule has 0 aliphatic heterocycles. The van der Waals surface area contributed by atoms with Crippen LogP contribution in [0.2, 0.25) is 5.02 Å². The molecule has 1 aliphatic rings. The van der Waals surface area contributed by atoms with Crippen LogP contribution in [0.25, 0.3) is 11.1 Å². The lowest BCUT2D eigenvalue weighted by molar-refractivity contribution is -0.119. The Balaban J connectivity index is 1.99. The van der Waals surface area contributed by atoms with E-state index in [1.54, 1.807) is 26.4 Å². The predicted octanol–water partition coefficient (Wildman–Crippen LogP) is 5.10. The van der Waals surface area contributed by atoms with Crippen molar-refractivity contribution < 1.29 is 23.7 Å². The summed E-state index contributed by atoms with van der Waals surface area (Å²) in [6, 6.07) is 14.0. The number of nitrogens with one attached hydrogen (secondary N) is 1. The number of fused-ring (bicyclic) bond motifs is 3.